The Kier molecular flexibility index (Phi) is 26.4. The van der Waals surface area contributed by atoms with Gasteiger partial charge in [-0.1, -0.05) is 130 Å². The van der Waals surface area contributed by atoms with Crippen molar-refractivity contribution >= 4 is 54.0 Å². The molecule has 328 valence electrons. The first-order valence-corrected chi connectivity index (χ1v) is 34.4. The van der Waals surface area contributed by atoms with Crippen LogP contribution in [0, 0.1) is 55.4 Å². The molecule has 0 aliphatic heterocycles. The van der Waals surface area contributed by atoms with Crippen molar-refractivity contribution in [2.24, 2.45) is 0 Å². The standard InChI is InChI=1S/4C13H15.2C2H6Si.2ClH.2Zr/c4*1-4-11-6-5-10(3)12-7-9(2)8-13(11)12;2*1-3-2;;;;/h4*5-8H,4H2,1-3H3;2*1-2H3;2*1H;;/q4*-1;;;;;2*+2/p-2. The normalized spacial score (nSPS) is 10.1. The molecule has 0 unspecified atom stereocenters. The van der Waals surface area contributed by atoms with E-state index in [0.717, 1.165) is 25.7 Å². The Hall–Kier alpha value is -1.90. The molecule has 0 bridgehead atoms. The molecule has 0 aromatic heterocycles. The fraction of sp³-hybridized carbons (Fsp3) is 0.357. The zero-order valence-corrected chi connectivity index (χ0v) is 49.2. The quantitative estimate of drug-likeness (QED) is 0.122. The van der Waals surface area contributed by atoms with E-state index in [2.05, 4.69) is 206 Å². The van der Waals surface area contributed by atoms with E-state index in [1.54, 1.807) is 46.7 Å². The van der Waals surface area contributed by atoms with Crippen molar-refractivity contribution in [3.05, 3.63) is 164 Å². The van der Waals surface area contributed by atoms with Crippen LogP contribution in [0.1, 0.15) is 94.5 Å². The van der Waals surface area contributed by atoms with Crippen LogP contribution >= 0.6 is 0 Å². The van der Waals surface area contributed by atoms with Crippen LogP contribution in [0.25, 0.3) is 43.1 Å². The van der Waals surface area contributed by atoms with Gasteiger partial charge < -0.3 is 24.8 Å². The number of hydrogen-bond acceptors (Lipinski definition) is 0. The van der Waals surface area contributed by atoms with Crippen molar-refractivity contribution in [3.63, 3.8) is 0 Å². The van der Waals surface area contributed by atoms with Crippen LogP contribution in [-0.4, -0.2) is 10.9 Å². The zero-order chi connectivity index (χ0) is 44.8. The Labute approximate surface area is 420 Å². The summed E-state index contributed by atoms with van der Waals surface area (Å²) in [5.74, 6) is 0. The maximum atomic E-state index is 2.31. The van der Waals surface area contributed by atoms with Crippen LogP contribution in [0.4, 0.5) is 0 Å². The summed E-state index contributed by atoms with van der Waals surface area (Å²) in [5, 5.41) is 11.5. The average molecular weight is 1050 g/mol. The molecule has 0 nitrogen and oxygen atoms in total. The van der Waals surface area contributed by atoms with E-state index in [9.17, 15) is 0 Å². The van der Waals surface area contributed by atoms with Crippen molar-refractivity contribution < 1.29 is 71.5 Å². The molecule has 0 atom stereocenters. The van der Waals surface area contributed by atoms with Crippen LogP contribution < -0.4 is 24.8 Å². The van der Waals surface area contributed by atoms with Crippen LogP contribution in [0.5, 0.6) is 0 Å². The summed E-state index contributed by atoms with van der Waals surface area (Å²) in [5.41, 5.74) is 17.3. The topological polar surface area (TPSA) is 0 Å². The third-order valence-electron chi connectivity index (χ3n) is 10.9. The van der Waals surface area contributed by atoms with Gasteiger partial charge in [-0.2, -0.15) is 24.3 Å². The summed E-state index contributed by atoms with van der Waals surface area (Å²) in [7, 11) is 0. The molecule has 62 heavy (non-hydrogen) atoms. The van der Waals surface area contributed by atoms with Gasteiger partial charge in [0.05, 0.1) is 0 Å². The molecule has 0 spiro atoms. The molecule has 0 N–H and O–H groups in total. The minimum absolute atomic E-state index is 0. The Morgan fingerprint density at radius 2 is 0.516 bits per heavy atom. The van der Waals surface area contributed by atoms with Crippen molar-refractivity contribution in [3.8, 4) is 0 Å². The molecule has 8 aromatic carbocycles. The molecule has 0 aliphatic rings. The van der Waals surface area contributed by atoms with Crippen LogP contribution in [-0.2, 0) is 72.4 Å². The Morgan fingerprint density at radius 3 is 0.661 bits per heavy atom. The first-order valence-electron chi connectivity index (χ1n) is 22.0. The molecule has 0 saturated carbocycles. The van der Waals surface area contributed by atoms with E-state index in [-0.39, 0.29) is 35.7 Å². The fourth-order valence-electron chi connectivity index (χ4n) is 7.83. The predicted molar refractivity (Wildman–Crippen MR) is 269 cm³/mol. The first kappa shape index (κ1) is 58.1. The maximum absolute atomic E-state index is 2.31. The molecule has 0 radical (unpaired) electrons. The summed E-state index contributed by atoms with van der Waals surface area (Å²) < 4.78 is 0. The number of benzene rings is 4. The smallest absolute Gasteiger partial charge is 1.00 e. The molecule has 0 aliphatic carbocycles. The second kappa shape index (κ2) is 28.2. The van der Waals surface area contributed by atoms with Gasteiger partial charge in [0.1, 0.15) is 0 Å². The van der Waals surface area contributed by atoms with Gasteiger partial charge in [0, 0.05) is 0 Å². The third-order valence-corrected chi connectivity index (χ3v) is 10.9. The molecule has 0 saturated heterocycles. The molecule has 0 amide bonds. The number of halogens is 2. The van der Waals surface area contributed by atoms with E-state index in [1.165, 1.54) is 110 Å². The molecule has 0 heterocycles. The minimum atomic E-state index is 0. The summed E-state index contributed by atoms with van der Waals surface area (Å²) in [6.45, 7) is 35.5. The van der Waals surface area contributed by atoms with E-state index < -0.39 is 0 Å². The monoisotopic (exact) mass is 1050 g/mol. The average Bonchev–Trinajstić information content (AvgIpc) is 3.98. The summed E-state index contributed by atoms with van der Waals surface area (Å²) in [4.78, 5) is 0. The third kappa shape index (κ3) is 16.8. The molecule has 0 fully saturated rings. The molecule has 6 heteroatoms. The summed E-state index contributed by atoms with van der Waals surface area (Å²) >= 11 is 3.48. The van der Waals surface area contributed by atoms with Crippen molar-refractivity contribution in [1.82, 2.24) is 0 Å². The van der Waals surface area contributed by atoms with Crippen LogP contribution in [0.2, 0.25) is 26.2 Å². The zero-order valence-electron chi connectivity index (χ0n) is 40.8. The fourth-order valence-corrected chi connectivity index (χ4v) is 7.83. The first-order chi connectivity index (χ1) is 28.3. The van der Waals surface area contributed by atoms with E-state index >= 15 is 0 Å². The van der Waals surface area contributed by atoms with Gasteiger partial charge in [-0.25, -0.2) is 0 Å². The van der Waals surface area contributed by atoms with Gasteiger partial charge in [0.2, 0.25) is 0 Å². The van der Waals surface area contributed by atoms with Crippen molar-refractivity contribution in [2.45, 2.75) is 135 Å². The van der Waals surface area contributed by atoms with Crippen LogP contribution in [0.15, 0.2) is 97.1 Å². The number of hydrogen-bond donors (Lipinski definition) is 0. The number of fused-ring (bicyclic) bond motifs is 4. The SMILES string of the molecule is CCc1ccc(C)c2[cH-]c(C)cc12.CCc1ccc(C)c2[cH-]c(C)cc12.CCc1ccc(C)c2[cH-]c(C)cc12.CCc1ccc(C)c2[cH-]c(C)cc12.C[Si](C)=[Zr+2].C[Si](C)=[Zr+2].[Cl-].[Cl-]. The maximum Gasteiger partial charge on any atom is -1.00 e. The van der Waals surface area contributed by atoms with Crippen LogP contribution in [0.3, 0.4) is 0 Å². The Morgan fingerprint density at radius 1 is 0.355 bits per heavy atom. The van der Waals surface area contributed by atoms with Gasteiger partial charge in [-0.05, 0) is 25.7 Å². The van der Waals surface area contributed by atoms with Gasteiger partial charge in [0.25, 0.3) is 0 Å². The Balaban J connectivity index is 0.000000386. The second-order valence-electron chi connectivity index (χ2n) is 17.0. The summed E-state index contributed by atoms with van der Waals surface area (Å²) in [6.07, 6.45) is 4.50. The Bertz CT molecular complexity index is 2300. The van der Waals surface area contributed by atoms with Gasteiger partial charge in [-0.3, -0.25) is 0 Å². The molecule has 8 aromatic rings. The molecular weight excluding hydrogens is 982 g/mol. The van der Waals surface area contributed by atoms with Crippen molar-refractivity contribution in [1.29, 1.82) is 0 Å². The predicted octanol–water partition coefficient (Wildman–Crippen LogP) is 10.5. The van der Waals surface area contributed by atoms with Crippen molar-refractivity contribution in [2.75, 3.05) is 0 Å². The van der Waals surface area contributed by atoms with E-state index in [4.69, 9.17) is 0 Å². The van der Waals surface area contributed by atoms with Gasteiger partial charge in [-0.15, -0.1) is 136 Å². The number of aryl methyl sites for hydroxylation is 12. The number of rotatable bonds is 4. The largest absolute Gasteiger partial charge is 1.00 e. The summed E-state index contributed by atoms with van der Waals surface area (Å²) in [6, 6.07) is 36.2. The minimum Gasteiger partial charge on any atom is -1.00 e. The van der Waals surface area contributed by atoms with Gasteiger partial charge in [0.15, 0.2) is 0 Å². The second-order valence-corrected chi connectivity index (χ2v) is 35.8. The molecular formula is C56H72Cl2Si2Zr2-2. The van der Waals surface area contributed by atoms with E-state index in [0.29, 0.717) is 0 Å². The molecule has 8 rings (SSSR count). The van der Waals surface area contributed by atoms with E-state index in [1.807, 2.05) is 0 Å². The van der Waals surface area contributed by atoms with Gasteiger partial charge >= 0.3 is 83.7 Å².